The largest absolute Gasteiger partial charge is 0.405 e. The minimum Gasteiger partial charge on any atom is -0.350 e. The number of carbonyl (C=O) groups is 1. The average molecular weight is 386 g/mol. The fourth-order valence-electron chi connectivity index (χ4n) is 2.47. The van der Waals surface area contributed by atoms with E-state index < -0.39 is 24.7 Å². The van der Waals surface area contributed by atoms with Gasteiger partial charge in [-0.3, -0.25) is 9.69 Å². The van der Waals surface area contributed by atoms with Crippen LogP contribution in [-0.4, -0.2) is 55.7 Å². The number of rotatable bonds is 4. The van der Waals surface area contributed by atoms with Crippen LogP contribution in [0, 0.1) is 6.92 Å². The lowest BCUT2D eigenvalue weighted by molar-refractivity contribution is -0.183. The minimum atomic E-state index is -4.39. The van der Waals surface area contributed by atoms with Crippen LogP contribution in [0.5, 0.6) is 0 Å². The molecule has 9 heteroatoms. The number of benzene rings is 1. The van der Waals surface area contributed by atoms with Gasteiger partial charge in [-0.1, -0.05) is 17.7 Å². The van der Waals surface area contributed by atoms with E-state index in [0.29, 0.717) is 31.2 Å². The smallest absolute Gasteiger partial charge is 0.350 e. The number of amides is 1. The molecule has 1 aromatic rings. The van der Waals surface area contributed by atoms with Crippen LogP contribution in [0.3, 0.4) is 0 Å². The van der Waals surface area contributed by atoms with E-state index in [0.717, 1.165) is 5.56 Å². The van der Waals surface area contributed by atoms with Crippen LogP contribution in [0.25, 0.3) is 0 Å². The molecule has 0 aliphatic carbocycles. The molecular weight excluding hydrogens is 366 g/mol. The standard InChI is InChI=1S/C15H19ClF3N3O.ClH/c1-10-2-3-11(8-12(10)16)14(23)21-9-13(15(17,18)19)22-6-4-20-5-7-22;/h2-3,8,13,20H,4-7,9H2,1H3,(H,21,23);1H. The number of piperazine rings is 1. The number of hydrogen-bond acceptors (Lipinski definition) is 3. The highest BCUT2D eigenvalue weighted by Gasteiger charge is 2.43. The first-order valence-electron chi connectivity index (χ1n) is 7.35. The second-order valence-electron chi connectivity index (χ2n) is 5.52. The summed E-state index contributed by atoms with van der Waals surface area (Å²) in [6.45, 7) is 2.93. The molecule has 0 radical (unpaired) electrons. The third kappa shape index (κ3) is 5.51. The van der Waals surface area contributed by atoms with Gasteiger partial charge in [0.1, 0.15) is 6.04 Å². The Balaban J connectivity index is 0.00000288. The number of aryl methyl sites for hydroxylation is 1. The maximum absolute atomic E-state index is 13.2. The highest BCUT2D eigenvalue weighted by atomic mass is 35.5. The second kappa shape index (κ2) is 8.89. The van der Waals surface area contributed by atoms with Crippen molar-refractivity contribution >= 4 is 29.9 Å². The van der Waals surface area contributed by atoms with Gasteiger partial charge in [-0.05, 0) is 24.6 Å². The monoisotopic (exact) mass is 385 g/mol. The summed E-state index contributed by atoms with van der Waals surface area (Å²) in [6, 6.07) is 2.98. The van der Waals surface area contributed by atoms with Crippen molar-refractivity contribution in [1.82, 2.24) is 15.5 Å². The summed E-state index contributed by atoms with van der Waals surface area (Å²) in [7, 11) is 0. The quantitative estimate of drug-likeness (QED) is 0.837. The summed E-state index contributed by atoms with van der Waals surface area (Å²) >= 11 is 5.94. The molecule has 1 aliphatic heterocycles. The molecule has 1 amide bonds. The summed E-state index contributed by atoms with van der Waals surface area (Å²) in [5.74, 6) is -0.559. The summed E-state index contributed by atoms with van der Waals surface area (Å²) in [4.78, 5) is 13.4. The maximum Gasteiger partial charge on any atom is 0.405 e. The van der Waals surface area contributed by atoms with Gasteiger partial charge in [0.15, 0.2) is 0 Å². The molecule has 0 saturated carbocycles. The number of nitrogens with zero attached hydrogens (tertiary/aromatic N) is 1. The maximum atomic E-state index is 13.2. The fraction of sp³-hybridized carbons (Fsp3) is 0.533. The number of halogens is 5. The number of hydrogen-bond donors (Lipinski definition) is 2. The number of nitrogens with one attached hydrogen (secondary N) is 2. The summed E-state index contributed by atoms with van der Waals surface area (Å²) < 4.78 is 39.7. The zero-order valence-electron chi connectivity index (χ0n) is 13.1. The first-order chi connectivity index (χ1) is 10.8. The van der Waals surface area contributed by atoms with Crippen LogP contribution in [0.1, 0.15) is 15.9 Å². The molecule has 2 rings (SSSR count). The number of alkyl halides is 3. The lowest BCUT2D eigenvalue weighted by Gasteiger charge is -2.35. The normalized spacial score (nSPS) is 17.0. The van der Waals surface area contributed by atoms with Crippen molar-refractivity contribution in [1.29, 1.82) is 0 Å². The SMILES string of the molecule is Cc1ccc(C(=O)NCC(N2CCNCC2)C(F)(F)F)cc1Cl.Cl. The van der Waals surface area contributed by atoms with E-state index in [2.05, 4.69) is 10.6 Å². The Morgan fingerprint density at radius 1 is 1.38 bits per heavy atom. The van der Waals surface area contributed by atoms with E-state index in [1.165, 1.54) is 11.0 Å². The van der Waals surface area contributed by atoms with E-state index in [4.69, 9.17) is 11.6 Å². The van der Waals surface area contributed by atoms with Crippen molar-refractivity contribution in [3.63, 3.8) is 0 Å². The van der Waals surface area contributed by atoms with Gasteiger partial charge >= 0.3 is 6.18 Å². The highest BCUT2D eigenvalue weighted by molar-refractivity contribution is 6.31. The van der Waals surface area contributed by atoms with Gasteiger partial charge in [0.05, 0.1) is 0 Å². The van der Waals surface area contributed by atoms with Gasteiger partial charge in [-0.2, -0.15) is 13.2 Å². The van der Waals surface area contributed by atoms with Crippen molar-refractivity contribution in [2.45, 2.75) is 19.1 Å². The average Bonchev–Trinajstić information content (AvgIpc) is 2.49. The fourth-order valence-corrected chi connectivity index (χ4v) is 2.65. The predicted octanol–water partition coefficient (Wildman–Crippen LogP) is 2.64. The zero-order chi connectivity index (χ0) is 17.0. The van der Waals surface area contributed by atoms with Gasteiger partial charge in [0, 0.05) is 43.3 Å². The Kier molecular flexibility index (Phi) is 7.79. The Bertz CT molecular complexity index is 563. The van der Waals surface area contributed by atoms with E-state index >= 15 is 0 Å². The molecule has 0 spiro atoms. The summed E-state index contributed by atoms with van der Waals surface area (Å²) in [5.41, 5.74) is 1.05. The molecule has 1 aromatic carbocycles. The molecule has 4 nitrogen and oxygen atoms in total. The van der Waals surface area contributed by atoms with Crippen molar-refractivity contribution in [3.8, 4) is 0 Å². The van der Waals surface area contributed by atoms with E-state index in [9.17, 15) is 18.0 Å². The van der Waals surface area contributed by atoms with Crippen molar-refractivity contribution in [3.05, 3.63) is 34.3 Å². The van der Waals surface area contributed by atoms with E-state index in [-0.39, 0.29) is 18.0 Å². The zero-order valence-corrected chi connectivity index (χ0v) is 14.7. The Morgan fingerprint density at radius 3 is 2.54 bits per heavy atom. The Hall–Kier alpha value is -1.02. The van der Waals surface area contributed by atoms with Crippen LogP contribution < -0.4 is 10.6 Å². The van der Waals surface area contributed by atoms with Crippen LogP contribution in [0.4, 0.5) is 13.2 Å². The highest BCUT2D eigenvalue weighted by Crippen LogP contribution is 2.25. The van der Waals surface area contributed by atoms with Gasteiger partial charge in [-0.15, -0.1) is 12.4 Å². The Morgan fingerprint density at radius 2 is 2.00 bits per heavy atom. The van der Waals surface area contributed by atoms with E-state index in [1.807, 2.05) is 0 Å². The molecule has 0 bridgehead atoms. The number of carbonyl (C=O) groups excluding carboxylic acids is 1. The first-order valence-corrected chi connectivity index (χ1v) is 7.72. The van der Waals surface area contributed by atoms with Gasteiger partial charge < -0.3 is 10.6 Å². The topological polar surface area (TPSA) is 44.4 Å². The lowest BCUT2D eigenvalue weighted by Crippen LogP contribution is -2.57. The minimum absolute atomic E-state index is 0. The van der Waals surface area contributed by atoms with Crippen LogP contribution in [0.15, 0.2) is 18.2 Å². The lowest BCUT2D eigenvalue weighted by atomic mass is 10.1. The molecule has 2 N–H and O–H groups in total. The molecule has 1 unspecified atom stereocenters. The summed E-state index contributed by atoms with van der Waals surface area (Å²) in [6.07, 6.45) is -4.39. The van der Waals surface area contributed by atoms with Gasteiger partial charge in [0.25, 0.3) is 5.91 Å². The predicted molar refractivity (Wildman–Crippen MR) is 90.1 cm³/mol. The van der Waals surface area contributed by atoms with Crippen molar-refractivity contribution in [2.24, 2.45) is 0 Å². The third-order valence-electron chi connectivity index (χ3n) is 3.86. The molecule has 0 aromatic heterocycles. The molecule has 1 heterocycles. The molecule has 24 heavy (non-hydrogen) atoms. The third-order valence-corrected chi connectivity index (χ3v) is 4.27. The Labute approximate surface area is 150 Å². The van der Waals surface area contributed by atoms with Crippen LogP contribution in [-0.2, 0) is 0 Å². The molecule has 1 fully saturated rings. The molecule has 1 saturated heterocycles. The van der Waals surface area contributed by atoms with Crippen LogP contribution in [0.2, 0.25) is 5.02 Å². The van der Waals surface area contributed by atoms with Crippen molar-refractivity contribution < 1.29 is 18.0 Å². The second-order valence-corrected chi connectivity index (χ2v) is 5.92. The van der Waals surface area contributed by atoms with Crippen LogP contribution >= 0.6 is 24.0 Å². The summed E-state index contributed by atoms with van der Waals surface area (Å²) in [5, 5.41) is 5.79. The molecular formula is C15H20Cl2F3N3O. The first kappa shape index (κ1) is 21.0. The van der Waals surface area contributed by atoms with Gasteiger partial charge in [0.2, 0.25) is 0 Å². The molecule has 136 valence electrons. The van der Waals surface area contributed by atoms with Gasteiger partial charge in [-0.25, -0.2) is 0 Å². The molecule has 1 atom stereocenters. The van der Waals surface area contributed by atoms with Crippen molar-refractivity contribution in [2.75, 3.05) is 32.7 Å². The van der Waals surface area contributed by atoms with E-state index in [1.54, 1.807) is 19.1 Å². The molecule has 1 aliphatic rings.